The molecule has 4 saturated heterocycles. The number of fused-ring (bicyclic) bond motifs is 20. The average Bonchev–Trinajstić information content (AvgIpc) is 1.60. The quantitative estimate of drug-likeness (QED) is 0.0619. The lowest BCUT2D eigenvalue weighted by atomic mass is 10.0. The van der Waals surface area contributed by atoms with E-state index in [1.807, 2.05) is 0 Å². The van der Waals surface area contributed by atoms with Crippen molar-refractivity contribution in [3.63, 3.8) is 0 Å². The number of amides is 15. The Morgan fingerprint density at radius 1 is 0.565 bits per heavy atom. The molecule has 4 aliphatic heterocycles. The summed E-state index contributed by atoms with van der Waals surface area (Å²) in [4.78, 5) is 250. The van der Waals surface area contributed by atoms with Crippen LogP contribution in [0.2, 0.25) is 0 Å². The van der Waals surface area contributed by atoms with Crippen LogP contribution in [0.3, 0.4) is 0 Å². The van der Waals surface area contributed by atoms with Gasteiger partial charge in [0, 0.05) is 74.2 Å². The van der Waals surface area contributed by atoms with Crippen LogP contribution in [-0.4, -0.2) is 274 Å². The van der Waals surface area contributed by atoms with E-state index in [1.54, 1.807) is 0 Å². The molecule has 4 heterocycles. The largest absolute Gasteiger partial charge is 0.508 e. The highest BCUT2D eigenvalue weighted by molar-refractivity contribution is 8.77. The van der Waals surface area contributed by atoms with E-state index in [1.165, 1.54) is 55.5 Å². The van der Waals surface area contributed by atoms with E-state index < -0.39 is 252 Å². The number of aromatic hydroxyl groups is 2. The summed E-state index contributed by atoms with van der Waals surface area (Å²) in [6.45, 7) is 3.27. The maximum Gasteiger partial charge on any atom is 0.326 e. The molecule has 2 aromatic rings. The number of hydrogen-bond acceptors (Lipinski definition) is 27. The lowest BCUT2D eigenvalue weighted by Gasteiger charge is -2.30. The van der Waals surface area contributed by atoms with Gasteiger partial charge in [0.25, 0.3) is 5.97 Å². The van der Waals surface area contributed by atoms with Gasteiger partial charge in [-0.3, -0.25) is 81.5 Å². The molecule has 0 spiro atoms. The minimum absolute atomic E-state index is 0.0259. The van der Waals surface area contributed by atoms with Crippen molar-refractivity contribution in [2.24, 2.45) is 5.73 Å². The van der Waals surface area contributed by atoms with E-state index in [-0.39, 0.29) is 48.6 Å². The number of carbonyl (C=O) groups excluding carboxylic acids is 15. The number of carboxylic acid groups (broad SMARTS) is 3. The number of benzene rings is 2. The third-order valence-corrected chi connectivity index (χ3v) is 23.2. The molecule has 21 N–H and O–H groups in total. The van der Waals surface area contributed by atoms with Crippen LogP contribution < -0.4 is 74.9 Å². The van der Waals surface area contributed by atoms with Crippen molar-refractivity contribution < 1.29 is 117 Å². The summed E-state index contributed by atoms with van der Waals surface area (Å²) in [6, 6.07) is -12.2. The van der Waals surface area contributed by atoms with Crippen LogP contribution in [-0.2, 0) is 99.1 Å². The first-order chi connectivity index (χ1) is 51.0. The number of aliphatic hydroxyl groups excluding tert-OH is 1. The van der Waals surface area contributed by atoms with Crippen LogP contribution >= 0.6 is 64.8 Å². The zero-order valence-electron chi connectivity index (χ0n) is 58.3. The molecule has 0 aliphatic carbocycles. The van der Waals surface area contributed by atoms with Gasteiger partial charge in [0.15, 0.2) is 0 Å². The Kier molecular flexibility index (Phi) is 36.4. The topological polar surface area (TPSA) is 614 Å². The zero-order valence-corrected chi connectivity index (χ0v) is 63.2. The lowest BCUT2D eigenvalue weighted by molar-refractivity contribution is -0.143. The van der Waals surface area contributed by atoms with Crippen LogP contribution in [0.1, 0.15) is 70.9 Å². The summed E-state index contributed by atoms with van der Waals surface area (Å²) >= 11 is 0. The summed E-state index contributed by atoms with van der Waals surface area (Å²) in [5.74, 6) is -24.0. The Bertz CT molecular complexity index is 3640. The minimum Gasteiger partial charge on any atom is -0.508 e. The Labute approximate surface area is 640 Å². The van der Waals surface area contributed by atoms with Crippen LogP contribution in [0.15, 0.2) is 48.5 Å². The highest BCUT2D eigenvalue weighted by Gasteiger charge is 2.42. The first-order valence-corrected chi connectivity index (χ1v) is 40.5. The van der Waals surface area contributed by atoms with E-state index in [4.69, 9.17) is 15.6 Å². The summed E-state index contributed by atoms with van der Waals surface area (Å²) in [5.41, 5.74) is 6.24. The van der Waals surface area contributed by atoms with Gasteiger partial charge in [-0.05, 0) is 68.5 Å². The molecule has 108 heavy (non-hydrogen) atoms. The molecule has 0 aromatic heterocycles. The molecule has 4 fully saturated rings. The Hall–Kier alpha value is -9.44. The molecule has 0 saturated carbocycles. The molecule has 4 bridgehead atoms. The molecule has 0 radical (unpaired) electrons. The van der Waals surface area contributed by atoms with Gasteiger partial charge in [-0.1, -0.05) is 89.0 Å². The fourth-order valence-corrected chi connectivity index (χ4v) is 17.4. The number of nitrogens with zero attached hydrogens (tertiary/aromatic N) is 1. The van der Waals surface area contributed by atoms with Crippen molar-refractivity contribution in [3.8, 4) is 11.5 Å². The molecular formula is C63H85N15O24S6. The second kappa shape index (κ2) is 44.1. The number of phenols is 2. The predicted molar refractivity (Wildman–Crippen MR) is 394 cm³/mol. The van der Waals surface area contributed by atoms with Gasteiger partial charge in [-0.2, -0.15) is 0 Å². The number of nitrogens with one attached hydrogen (secondary N) is 13. The highest BCUT2D eigenvalue weighted by atomic mass is 33.1. The minimum atomic E-state index is -1.95. The van der Waals surface area contributed by atoms with Crippen molar-refractivity contribution >= 4 is 171 Å². The molecule has 39 nitrogen and oxygen atoms in total. The summed E-state index contributed by atoms with van der Waals surface area (Å²) in [7, 11) is 4.56. The van der Waals surface area contributed by atoms with Gasteiger partial charge in [0.2, 0.25) is 88.6 Å². The fraction of sp³-hybridized carbons (Fsp3) is 0.524. The normalized spacial score (nSPS) is 26.1. The molecule has 6 rings (SSSR count). The van der Waals surface area contributed by atoms with Gasteiger partial charge >= 0.3 is 11.9 Å². The van der Waals surface area contributed by atoms with Crippen molar-refractivity contribution in [1.82, 2.24) is 74.0 Å². The number of carbonyl (C=O) groups is 18. The molecule has 592 valence electrons. The van der Waals surface area contributed by atoms with Gasteiger partial charge in [0.05, 0.1) is 19.1 Å². The number of aliphatic carboxylic acids is 3. The number of nitrogens with two attached hydrogens (primary N) is 1. The van der Waals surface area contributed by atoms with Gasteiger partial charge < -0.3 is 110 Å². The predicted octanol–water partition coefficient (Wildman–Crippen LogP) is -5.67. The smallest absolute Gasteiger partial charge is 0.326 e. The molecule has 45 heteroatoms. The summed E-state index contributed by atoms with van der Waals surface area (Å²) in [6.07, 6.45) is -4.88. The first kappa shape index (κ1) is 89.2. The number of aliphatic hydroxyl groups is 1. The number of rotatable bonds is 14. The van der Waals surface area contributed by atoms with Crippen LogP contribution in [0.4, 0.5) is 0 Å². The van der Waals surface area contributed by atoms with Crippen LogP contribution in [0.5, 0.6) is 11.5 Å². The van der Waals surface area contributed by atoms with Gasteiger partial charge in [0.1, 0.15) is 90.0 Å². The van der Waals surface area contributed by atoms with Crippen LogP contribution in [0, 0.1) is 0 Å². The third kappa shape index (κ3) is 30.0. The van der Waals surface area contributed by atoms with E-state index >= 15 is 9.59 Å². The monoisotopic (exact) mass is 1630 g/mol. The number of hydrogen-bond donors (Lipinski definition) is 20. The highest BCUT2D eigenvalue weighted by Crippen LogP contribution is 2.28. The van der Waals surface area contributed by atoms with Crippen LogP contribution in [0.25, 0.3) is 0 Å². The fourth-order valence-electron chi connectivity index (χ4n) is 10.4. The van der Waals surface area contributed by atoms with E-state index in [2.05, 4.69) is 69.1 Å². The average molecular weight is 1630 g/mol. The van der Waals surface area contributed by atoms with Crippen molar-refractivity contribution in [1.29, 1.82) is 0 Å². The molecule has 4 aliphatic rings. The Morgan fingerprint density at radius 2 is 1.04 bits per heavy atom. The standard InChI is InChI=1S/C61H81N15O22S6.C2H4O2/c1-27-49(85)71-43-26-104-103-23-40-54(90)67-34(14-15-47(83)84)50(86)68-35(17-30-6-10-32(79)11-7-30)51(87)72-42(25-102-100-22-39(66-46(82)20-63-59(95)48(28(2)77)75-57(43)93)53(89)70-37(61(97)98)18-31-8-12-33(80)13-9-31)56(92)74-41(24-101-99-21-38(52(88)73-40)65-29(3)78)55(91)69-36(19-45(62)81)60(96)76-16-4-5-44(76)58(94)64-27;1-2(3)4/h6-13,27-28,34-44,48,77,79-80H,4-5,14-26H2,1-3H3,(H2,62,81)(H,63,95)(H,64,94)(H,65,78)(H,66,82)(H,67,90)(H,68,86)(H,69,91)(H,70,89)(H,71,85)(H,72,87)(H,73,88)(H,74,92)(H,75,93)(H,83,84)(H,97,98);1H3,(H,3,4)/t27-,28+,34-,35-,36-,37-,38-,39-,40-,41-,42-,43+,44-,48-;/m0./s1. The maximum absolute atomic E-state index is 15.2. The molecule has 14 atom stereocenters. The molecule has 2 aromatic carbocycles. The van der Waals surface area contributed by atoms with Crippen molar-refractivity contribution in [3.05, 3.63) is 59.7 Å². The molecular weight excluding hydrogens is 1540 g/mol. The number of phenolic OH excluding ortho intramolecular Hbond substituents is 2. The molecule has 0 unspecified atom stereocenters. The molecule has 15 amide bonds. The zero-order chi connectivity index (χ0) is 80.1. The number of primary amides is 1. The Morgan fingerprint density at radius 3 is 1.56 bits per heavy atom. The van der Waals surface area contributed by atoms with E-state index in [9.17, 15) is 97.5 Å². The second-order valence-corrected chi connectivity index (χ2v) is 32.3. The van der Waals surface area contributed by atoms with Crippen molar-refractivity contribution in [2.75, 3.05) is 47.6 Å². The lowest BCUT2D eigenvalue weighted by Crippen LogP contribution is -2.62. The van der Waals surface area contributed by atoms with Gasteiger partial charge in [-0.25, -0.2) is 4.79 Å². The Balaban J connectivity index is 0.00000509. The number of carboxylic acids is 3. The summed E-state index contributed by atoms with van der Waals surface area (Å²) < 4.78 is 0. The summed E-state index contributed by atoms with van der Waals surface area (Å²) in [5, 5.41) is 90.4. The van der Waals surface area contributed by atoms with E-state index in [0.717, 1.165) is 79.6 Å². The van der Waals surface area contributed by atoms with E-state index in [0.29, 0.717) is 16.4 Å². The SMILES string of the molecule is CC(=O)N[C@H]1CSSC[C@@H]2NC(=O)[C@@H]3CSSC[C@@H](C(=O)N[C@@H](Cc4ccc(O)cc4)C(=O)O)NC(=O)CNC(=O)[C@H]([C@@H](C)O)NC(=O)[C@@H](CSSC[C@H](NC1=O)C(=O)N[C@@H](CCC(=O)O)C(=O)N[C@@H](Cc1ccc(O)cc1)C(=O)N3)NC(=O)[C@H](C)NC(=O)[C@@H]1CCCN1C(=O)[C@H](CC(N)=O)NC2=O.CC(=O)O. The van der Waals surface area contributed by atoms with Crippen molar-refractivity contribution in [2.45, 2.75) is 157 Å². The second-order valence-electron chi connectivity index (χ2n) is 24.6. The third-order valence-electron chi connectivity index (χ3n) is 15.9. The maximum atomic E-state index is 15.2. The van der Waals surface area contributed by atoms with Gasteiger partial charge in [-0.15, -0.1) is 0 Å². The first-order valence-electron chi connectivity index (χ1n) is 33.1.